The van der Waals surface area contributed by atoms with Crippen LogP contribution >= 0.6 is 15.9 Å². The summed E-state index contributed by atoms with van der Waals surface area (Å²) in [5, 5.41) is 2.77. The number of hydrogen-bond donors (Lipinski definition) is 2. The third-order valence-corrected chi connectivity index (χ3v) is 5.51. The predicted molar refractivity (Wildman–Crippen MR) is 112 cm³/mol. The summed E-state index contributed by atoms with van der Waals surface area (Å²) in [6, 6.07) is 10.1. The number of H-pyrrole nitrogens is 1. The molecule has 2 N–H and O–H groups in total. The average Bonchev–Trinajstić information content (AvgIpc) is 3.22. The summed E-state index contributed by atoms with van der Waals surface area (Å²) in [6.45, 7) is 0.349. The Morgan fingerprint density at radius 2 is 2.10 bits per heavy atom. The van der Waals surface area contributed by atoms with Crippen LogP contribution in [-0.4, -0.2) is 40.5 Å². The third-order valence-electron chi connectivity index (χ3n) is 5.02. The van der Waals surface area contributed by atoms with E-state index in [2.05, 4.69) is 31.2 Å². The van der Waals surface area contributed by atoms with Gasteiger partial charge in [0, 0.05) is 28.7 Å². The van der Waals surface area contributed by atoms with E-state index in [1.807, 2.05) is 0 Å². The topological polar surface area (TPSA) is 87.3 Å². The number of carbonyl (C=O) groups excluding carboxylic acids is 2. The molecular formula is C21H18BrFN4O3. The number of esters is 1. The summed E-state index contributed by atoms with van der Waals surface area (Å²) in [5.74, 6) is -1.01. The van der Waals surface area contributed by atoms with Crippen LogP contribution in [0.15, 0.2) is 53.3 Å². The maximum atomic E-state index is 14.8. The van der Waals surface area contributed by atoms with Gasteiger partial charge in [-0.25, -0.2) is 19.0 Å². The van der Waals surface area contributed by atoms with E-state index in [-0.39, 0.29) is 5.56 Å². The van der Waals surface area contributed by atoms with Crippen molar-refractivity contribution in [2.24, 2.45) is 0 Å². The number of nitrogens with zero attached hydrogens (tertiary/aromatic N) is 2. The van der Waals surface area contributed by atoms with E-state index in [9.17, 15) is 14.0 Å². The van der Waals surface area contributed by atoms with Gasteiger partial charge >= 0.3 is 12.0 Å². The number of imidazole rings is 1. The molecule has 0 radical (unpaired) electrons. The smallest absolute Gasteiger partial charge is 0.339 e. The van der Waals surface area contributed by atoms with Crippen molar-refractivity contribution in [2.45, 2.75) is 12.5 Å². The summed E-state index contributed by atoms with van der Waals surface area (Å²) < 4.78 is 20.2. The van der Waals surface area contributed by atoms with E-state index in [1.165, 1.54) is 18.1 Å². The molecule has 0 bridgehead atoms. The molecule has 1 aliphatic rings. The van der Waals surface area contributed by atoms with Crippen molar-refractivity contribution in [2.75, 3.05) is 19.0 Å². The molecule has 0 unspecified atom stereocenters. The number of carbonyl (C=O) groups is 2. The number of methoxy groups -OCH3 is 1. The summed E-state index contributed by atoms with van der Waals surface area (Å²) in [6.07, 6.45) is 2.10. The summed E-state index contributed by atoms with van der Waals surface area (Å²) >= 11 is 3.26. The van der Waals surface area contributed by atoms with Crippen molar-refractivity contribution in [3.05, 3.63) is 81.6 Å². The molecule has 7 nitrogen and oxygen atoms in total. The van der Waals surface area contributed by atoms with E-state index >= 15 is 0 Å². The number of urea groups is 1. The van der Waals surface area contributed by atoms with Crippen molar-refractivity contribution in [3.63, 3.8) is 0 Å². The van der Waals surface area contributed by atoms with Gasteiger partial charge in [0.1, 0.15) is 11.9 Å². The Morgan fingerprint density at radius 3 is 2.87 bits per heavy atom. The minimum atomic E-state index is -0.710. The molecule has 2 aromatic carbocycles. The number of nitrogens with one attached hydrogen (secondary N) is 2. The van der Waals surface area contributed by atoms with Gasteiger partial charge in [-0.1, -0.05) is 34.1 Å². The Balaban J connectivity index is 1.71. The summed E-state index contributed by atoms with van der Waals surface area (Å²) in [5.41, 5.74) is 2.34. The van der Waals surface area contributed by atoms with Crippen LogP contribution in [0.4, 0.5) is 14.9 Å². The van der Waals surface area contributed by atoms with E-state index in [0.29, 0.717) is 34.4 Å². The minimum absolute atomic E-state index is 0.234. The molecule has 0 aliphatic carbocycles. The van der Waals surface area contributed by atoms with Crippen LogP contribution in [0, 0.1) is 5.82 Å². The zero-order valence-corrected chi connectivity index (χ0v) is 17.6. The number of aromatic amines is 1. The van der Waals surface area contributed by atoms with Gasteiger partial charge < -0.3 is 19.9 Å². The molecule has 2 amide bonds. The number of anilines is 1. The van der Waals surface area contributed by atoms with Crippen LogP contribution in [0.1, 0.15) is 33.4 Å². The molecule has 9 heteroatoms. The van der Waals surface area contributed by atoms with Gasteiger partial charge in [0.05, 0.1) is 30.4 Å². The highest BCUT2D eigenvalue weighted by atomic mass is 79.9. The third kappa shape index (κ3) is 3.68. The average molecular weight is 473 g/mol. The van der Waals surface area contributed by atoms with Gasteiger partial charge in [-0.3, -0.25) is 0 Å². The van der Waals surface area contributed by atoms with Crippen LogP contribution in [0.5, 0.6) is 0 Å². The number of ether oxygens (including phenoxy) is 1. The van der Waals surface area contributed by atoms with Crippen molar-refractivity contribution in [3.8, 4) is 0 Å². The number of para-hydroxylation sites is 1. The largest absolute Gasteiger partial charge is 0.465 e. The molecule has 0 saturated carbocycles. The first-order valence-corrected chi connectivity index (χ1v) is 10.0. The van der Waals surface area contributed by atoms with E-state index in [1.54, 1.807) is 42.7 Å². The maximum absolute atomic E-state index is 14.8. The monoisotopic (exact) mass is 472 g/mol. The molecule has 0 fully saturated rings. The van der Waals surface area contributed by atoms with Crippen molar-refractivity contribution >= 4 is 33.6 Å². The number of fused-ring (bicyclic) bond motifs is 1. The lowest BCUT2D eigenvalue weighted by Crippen LogP contribution is -2.43. The summed E-state index contributed by atoms with van der Waals surface area (Å²) in [7, 11) is 1.27. The predicted octanol–water partition coefficient (Wildman–Crippen LogP) is 4.28. The van der Waals surface area contributed by atoms with Gasteiger partial charge in [0.2, 0.25) is 0 Å². The Morgan fingerprint density at radius 1 is 1.30 bits per heavy atom. The number of amides is 2. The molecule has 0 saturated heterocycles. The minimum Gasteiger partial charge on any atom is -0.465 e. The Hall–Kier alpha value is -3.20. The molecule has 4 rings (SSSR count). The molecule has 1 aromatic heterocycles. The lowest BCUT2D eigenvalue weighted by molar-refractivity contribution is 0.0602. The second kappa shape index (κ2) is 8.27. The number of aromatic nitrogens is 2. The van der Waals surface area contributed by atoms with Gasteiger partial charge in [0.15, 0.2) is 0 Å². The zero-order chi connectivity index (χ0) is 21.3. The van der Waals surface area contributed by atoms with Crippen LogP contribution < -0.4 is 5.32 Å². The summed E-state index contributed by atoms with van der Waals surface area (Å²) in [4.78, 5) is 34.2. The molecule has 3 aromatic rings. The highest BCUT2D eigenvalue weighted by molar-refractivity contribution is 9.10. The fourth-order valence-electron chi connectivity index (χ4n) is 3.60. The van der Waals surface area contributed by atoms with Crippen LogP contribution in [0.3, 0.4) is 0 Å². The van der Waals surface area contributed by atoms with E-state index < -0.39 is 23.9 Å². The highest BCUT2D eigenvalue weighted by Crippen LogP contribution is 2.36. The standard InChI is InChI=1S/C21H18BrFN4O3/c1-30-20(28)14-4-2-3-5-16(14)26-21(29)27-9-8-17-18(25-11-24-17)19(27)13-7-6-12(22)10-15(13)23/h2-7,10-11,19H,8-9H2,1H3,(H,24,25)(H,26,29)/t19-/m1/s1. The molecule has 30 heavy (non-hydrogen) atoms. The second-order valence-electron chi connectivity index (χ2n) is 6.75. The lowest BCUT2D eigenvalue weighted by atomic mass is 9.95. The first-order valence-electron chi connectivity index (χ1n) is 9.21. The Kier molecular flexibility index (Phi) is 5.54. The normalized spacial score (nSPS) is 15.4. The molecule has 2 heterocycles. The van der Waals surface area contributed by atoms with Gasteiger partial charge in [-0.05, 0) is 24.3 Å². The lowest BCUT2D eigenvalue weighted by Gasteiger charge is -2.35. The fraction of sp³-hybridized carbons (Fsp3) is 0.190. The van der Waals surface area contributed by atoms with Crippen molar-refractivity contribution in [1.82, 2.24) is 14.9 Å². The van der Waals surface area contributed by atoms with Gasteiger partial charge in [0.25, 0.3) is 0 Å². The molecular weight excluding hydrogens is 455 g/mol. The van der Waals surface area contributed by atoms with Gasteiger partial charge in [-0.15, -0.1) is 0 Å². The number of halogens is 2. The first kappa shape index (κ1) is 20.1. The Bertz CT molecular complexity index is 1120. The first-order chi connectivity index (χ1) is 14.5. The SMILES string of the molecule is COC(=O)c1ccccc1NC(=O)N1CCc2[nH]cnc2[C@H]1c1ccc(Br)cc1F. The highest BCUT2D eigenvalue weighted by Gasteiger charge is 2.36. The molecule has 154 valence electrons. The number of benzene rings is 2. The molecule has 1 aliphatic heterocycles. The number of hydrogen-bond acceptors (Lipinski definition) is 4. The van der Waals surface area contributed by atoms with Crippen molar-refractivity contribution < 1.29 is 18.7 Å². The Labute approximate surface area is 180 Å². The second-order valence-corrected chi connectivity index (χ2v) is 7.66. The van der Waals surface area contributed by atoms with Crippen LogP contribution in [0.2, 0.25) is 0 Å². The van der Waals surface area contributed by atoms with Crippen molar-refractivity contribution in [1.29, 1.82) is 0 Å². The number of rotatable bonds is 3. The molecule has 0 spiro atoms. The van der Waals surface area contributed by atoms with Crippen LogP contribution in [-0.2, 0) is 11.2 Å². The maximum Gasteiger partial charge on any atom is 0.339 e. The van der Waals surface area contributed by atoms with Crippen LogP contribution in [0.25, 0.3) is 0 Å². The van der Waals surface area contributed by atoms with Gasteiger partial charge in [-0.2, -0.15) is 0 Å². The zero-order valence-electron chi connectivity index (χ0n) is 16.0. The quantitative estimate of drug-likeness (QED) is 0.557. The fourth-order valence-corrected chi connectivity index (χ4v) is 3.93. The van der Waals surface area contributed by atoms with E-state index in [4.69, 9.17) is 4.74 Å². The van der Waals surface area contributed by atoms with E-state index in [0.717, 1.165) is 5.69 Å². The molecule has 1 atom stereocenters.